The van der Waals surface area contributed by atoms with Crippen molar-refractivity contribution >= 4 is 17.4 Å². The van der Waals surface area contributed by atoms with Gasteiger partial charge in [-0.15, -0.1) is 0 Å². The van der Waals surface area contributed by atoms with Crippen LogP contribution in [0, 0.1) is 13.8 Å². The highest BCUT2D eigenvalue weighted by atomic mass is 16.1. The monoisotopic (exact) mass is 260 g/mol. The standard InChI is InChI=1S/C15H20N2O2/c1-9-3-8-13(15(16)19)14(10(9)2)17-11-4-6-12(18)7-5-11/h3,8,11,17H,4-7H2,1-2H3,(H2,16,19). The second kappa shape index (κ2) is 5.43. The van der Waals surface area contributed by atoms with Gasteiger partial charge in [-0.2, -0.15) is 0 Å². The van der Waals surface area contributed by atoms with Crippen LogP contribution in [0.15, 0.2) is 12.1 Å². The van der Waals surface area contributed by atoms with Crippen molar-refractivity contribution in [2.24, 2.45) is 5.73 Å². The third kappa shape index (κ3) is 2.95. The molecule has 0 aliphatic heterocycles. The summed E-state index contributed by atoms with van der Waals surface area (Å²) < 4.78 is 0. The molecule has 0 spiro atoms. The van der Waals surface area contributed by atoms with Gasteiger partial charge in [-0.3, -0.25) is 9.59 Å². The van der Waals surface area contributed by atoms with E-state index >= 15 is 0 Å². The SMILES string of the molecule is Cc1ccc(C(N)=O)c(NC2CCC(=O)CC2)c1C. The first-order chi connectivity index (χ1) is 8.99. The van der Waals surface area contributed by atoms with E-state index in [4.69, 9.17) is 5.73 Å². The zero-order chi connectivity index (χ0) is 14.0. The maximum Gasteiger partial charge on any atom is 0.250 e. The molecule has 1 fully saturated rings. The average molecular weight is 260 g/mol. The lowest BCUT2D eigenvalue weighted by Crippen LogP contribution is -2.28. The number of amides is 1. The molecule has 1 aliphatic rings. The van der Waals surface area contributed by atoms with Gasteiger partial charge < -0.3 is 11.1 Å². The Balaban J connectivity index is 2.25. The van der Waals surface area contributed by atoms with Gasteiger partial charge >= 0.3 is 0 Å². The number of hydrogen-bond acceptors (Lipinski definition) is 3. The van der Waals surface area contributed by atoms with E-state index in [9.17, 15) is 9.59 Å². The fraction of sp³-hybridized carbons (Fsp3) is 0.467. The summed E-state index contributed by atoms with van der Waals surface area (Å²) in [6.45, 7) is 3.99. The molecule has 0 bridgehead atoms. The molecule has 0 saturated heterocycles. The van der Waals surface area contributed by atoms with Crippen LogP contribution in [0.5, 0.6) is 0 Å². The van der Waals surface area contributed by atoms with Gasteiger partial charge in [-0.25, -0.2) is 0 Å². The number of ketones is 1. The lowest BCUT2D eigenvalue weighted by atomic mass is 9.93. The van der Waals surface area contributed by atoms with Crippen molar-refractivity contribution in [3.05, 3.63) is 28.8 Å². The number of Topliss-reactive ketones (excluding diaryl/α,β-unsaturated/α-hetero) is 1. The molecule has 4 nitrogen and oxygen atoms in total. The van der Waals surface area contributed by atoms with Gasteiger partial charge in [-0.05, 0) is 43.9 Å². The van der Waals surface area contributed by atoms with Crippen molar-refractivity contribution in [3.8, 4) is 0 Å². The van der Waals surface area contributed by atoms with Crippen LogP contribution in [0.1, 0.15) is 47.2 Å². The summed E-state index contributed by atoms with van der Waals surface area (Å²) in [5.74, 6) is -0.0911. The molecule has 0 radical (unpaired) electrons. The Kier molecular flexibility index (Phi) is 3.88. The van der Waals surface area contributed by atoms with E-state index in [2.05, 4.69) is 5.32 Å². The van der Waals surface area contributed by atoms with Crippen LogP contribution in [0.25, 0.3) is 0 Å². The van der Waals surface area contributed by atoms with E-state index < -0.39 is 5.91 Å². The number of rotatable bonds is 3. The highest BCUT2D eigenvalue weighted by Gasteiger charge is 2.21. The van der Waals surface area contributed by atoms with Crippen LogP contribution < -0.4 is 11.1 Å². The topological polar surface area (TPSA) is 72.2 Å². The van der Waals surface area contributed by atoms with Crippen molar-refractivity contribution in [3.63, 3.8) is 0 Å². The van der Waals surface area contributed by atoms with E-state index in [0.29, 0.717) is 24.2 Å². The molecule has 1 aromatic rings. The lowest BCUT2D eigenvalue weighted by Gasteiger charge is -2.25. The summed E-state index contributed by atoms with van der Waals surface area (Å²) in [6, 6.07) is 3.92. The highest BCUT2D eigenvalue weighted by molar-refractivity contribution is 5.99. The summed E-state index contributed by atoms with van der Waals surface area (Å²) in [5, 5.41) is 3.41. The quantitative estimate of drug-likeness (QED) is 0.876. The maximum absolute atomic E-state index is 11.5. The van der Waals surface area contributed by atoms with Crippen LogP contribution in [0.3, 0.4) is 0 Å². The summed E-state index contributed by atoms with van der Waals surface area (Å²) in [6.07, 6.45) is 2.89. The molecule has 1 saturated carbocycles. The number of aryl methyl sites for hydroxylation is 1. The van der Waals surface area contributed by atoms with Gasteiger partial charge in [-0.1, -0.05) is 6.07 Å². The first kappa shape index (κ1) is 13.6. The molecule has 0 heterocycles. The molecular weight excluding hydrogens is 240 g/mol. The van der Waals surface area contributed by atoms with Crippen molar-refractivity contribution < 1.29 is 9.59 Å². The molecule has 0 aromatic heterocycles. The van der Waals surface area contributed by atoms with Crippen LogP contribution in [-0.4, -0.2) is 17.7 Å². The molecule has 4 heteroatoms. The first-order valence-corrected chi connectivity index (χ1v) is 6.67. The van der Waals surface area contributed by atoms with E-state index in [1.54, 1.807) is 6.07 Å². The number of benzene rings is 1. The van der Waals surface area contributed by atoms with Gasteiger partial charge in [0, 0.05) is 18.9 Å². The third-order valence-corrected chi connectivity index (χ3v) is 3.89. The third-order valence-electron chi connectivity index (χ3n) is 3.89. The van der Waals surface area contributed by atoms with E-state index in [0.717, 1.165) is 29.7 Å². The maximum atomic E-state index is 11.5. The van der Waals surface area contributed by atoms with Gasteiger partial charge in [0.2, 0.25) is 0 Å². The van der Waals surface area contributed by atoms with Gasteiger partial charge in [0.1, 0.15) is 5.78 Å². The number of primary amides is 1. The Morgan fingerprint density at radius 2 is 1.89 bits per heavy atom. The molecule has 1 aliphatic carbocycles. The Morgan fingerprint density at radius 3 is 2.47 bits per heavy atom. The molecule has 102 valence electrons. The molecule has 0 unspecified atom stereocenters. The van der Waals surface area contributed by atoms with Crippen molar-refractivity contribution in [2.45, 2.75) is 45.6 Å². The Bertz CT molecular complexity index is 513. The largest absolute Gasteiger partial charge is 0.381 e. The predicted octanol–water partition coefficient (Wildman–Crippen LogP) is 2.33. The predicted molar refractivity (Wildman–Crippen MR) is 75.3 cm³/mol. The summed E-state index contributed by atoms with van der Waals surface area (Å²) >= 11 is 0. The van der Waals surface area contributed by atoms with Crippen molar-refractivity contribution in [2.75, 3.05) is 5.32 Å². The van der Waals surface area contributed by atoms with Crippen LogP contribution >= 0.6 is 0 Å². The van der Waals surface area contributed by atoms with Crippen LogP contribution in [-0.2, 0) is 4.79 Å². The summed E-state index contributed by atoms with van der Waals surface area (Å²) in [7, 11) is 0. The van der Waals surface area contributed by atoms with E-state index in [-0.39, 0.29) is 6.04 Å². The minimum absolute atomic E-state index is 0.247. The molecular formula is C15H20N2O2. The molecule has 1 amide bonds. The van der Waals surface area contributed by atoms with Crippen molar-refractivity contribution in [1.29, 1.82) is 0 Å². The van der Waals surface area contributed by atoms with E-state index in [1.165, 1.54) is 0 Å². The zero-order valence-electron chi connectivity index (χ0n) is 11.5. The molecule has 0 atom stereocenters. The fourth-order valence-corrected chi connectivity index (χ4v) is 2.50. The second-order valence-electron chi connectivity index (χ2n) is 5.25. The van der Waals surface area contributed by atoms with Crippen molar-refractivity contribution in [1.82, 2.24) is 0 Å². The number of carbonyl (C=O) groups excluding carboxylic acids is 2. The highest BCUT2D eigenvalue weighted by Crippen LogP contribution is 2.27. The van der Waals surface area contributed by atoms with Crippen LogP contribution in [0.4, 0.5) is 5.69 Å². The normalized spacial score (nSPS) is 16.4. The number of nitrogens with two attached hydrogens (primary N) is 1. The minimum Gasteiger partial charge on any atom is -0.381 e. The van der Waals surface area contributed by atoms with Gasteiger partial charge in [0.15, 0.2) is 0 Å². The first-order valence-electron chi connectivity index (χ1n) is 6.67. The fourth-order valence-electron chi connectivity index (χ4n) is 2.50. The zero-order valence-corrected chi connectivity index (χ0v) is 11.5. The molecule has 3 N–H and O–H groups in total. The molecule has 2 rings (SSSR count). The van der Waals surface area contributed by atoms with Gasteiger partial charge in [0.25, 0.3) is 5.91 Å². The van der Waals surface area contributed by atoms with E-state index in [1.807, 2.05) is 19.9 Å². The number of carbonyl (C=O) groups is 2. The number of anilines is 1. The second-order valence-corrected chi connectivity index (χ2v) is 5.25. The molecule has 19 heavy (non-hydrogen) atoms. The average Bonchev–Trinajstić information content (AvgIpc) is 2.37. The Labute approximate surface area is 113 Å². The van der Waals surface area contributed by atoms with Crippen LogP contribution in [0.2, 0.25) is 0 Å². The molecule has 1 aromatic carbocycles. The Morgan fingerprint density at radius 1 is 1.26 bits per heavy atom. The summed E-state index contributed by atoms with van der Waals surface area (Å²) in [5.41, 5.74) is 8.95. The van der Waals surface area contributed by atoms with Gasteiger partial charge in [0.05, 0.1) is 11.3 Å². The number of hydrogen-bond donors (Lipinski definition) is 2. The number of nitrogens with one attached hydrogen (secondary N) is 1. The lowest BCUT2D eigenvalue weighted by molar-refractivity contribution is -0.120. The minimum atomic E-state index is -0.419. The Hall–Kier alpha value is -1.84. The smallest absolute Gasteiger partial charge is 0.250 e. The summed E-state index contributed by atoms with van der Waals surface area (Å²) in [4.78, 5) is 22.8.